The second-order valence-electron chi connectivity index (χ2n) is 6.73. The molecule has 1 heterocycles. The number of carboxylic acid groups (broad SMARTS) is 1. The molecule has 7 nitrogen and oxygen atoms in total. The Labute approximate surface area is 151 Å². The quantitative estimate of drug-likeness (QED) is 0.802. The smallest absolute Gasteiger partial charge is 0.326 e. The number of sulfonamides is 1. The maximum atomic E-state index is 12.8. The number of carbonyl (C=O) groups is 2. The fourth-order valence-electron chi connectivity index (χ4n) is 3.19. The van der Waals surface area contributed by atoms with E-state index in [9.17, 15) is 23.1 Å². The second-order valence-corrected chi connectivity index (χ2v) is 8.56. The highest BCUT2D eigenvalue weighted by atomic mass is 32.2. The molecule has 0 aromatic heterocycles. The van der Waals surface area contributed by atoms with Crippen LogP contribution in [0.25, 0.3) is 10.8 Å². The summed E-state index contributed by atoms with van der Waals surface area (Å²) in [4.78, 5) is 23.9. The van der Waals surface area contributed by atoms with Gasteiger partial charge in [0.25, 0.3) is 10.0 Å². The van der Waals surface area contributed by atoms with Gasteiger partial charge in [-0.2, -0.15) is 0 Å². The molecule has 0 spiro atoms. The Bertz CT molecular complexity index is 979. The molecule has 138 valence electrons. The van der Waals surface area contributed by atoms with E-state index in [1.807, 2.05) is 26.0 Å². The second kappa shape index (κ2) is 6.60. The first-order valence-corrected chi connectivity index (χ1v) is 9.72. The van der Waals surface area contributed by atoms with Crippen LogP contribution in [0, 0.1) is 5.92 Å². The molecule has 0 aliphatic carbocycles. The van der Waals surface area contributed by atoms with E-state index in [0.717, 1.165) is 9.69 Å². The van der Waals surface area contributed by atoms with Gasteiger partial charge in [0, 0.05) is 5.39 Å². The normalized spacial score (nSPS) is 16.0. The van der Waals surface area contributed by atoms with Gasteiger partial charge in [0.2, 0.25) is 5.91 Å². The molecule has 1 unspecified atom stereocenters. The summed E-state index contributed by atoms with van der Waals surface area (Å²) in [5.41, 5.74) is 0.434. The maximum Gasteiger partial charge on any atom is 0.326 e. The van der Waals surface area contributed by atoms with Crippen LogP contribution in [-0.2, 0) is 19.6 Å². The van der Waals surface area contributed by atoms with Crippen LogP contribution in [0.3, 0.4) is 0 Å². The van der Waals surface area contributed by atoms with Gasteiger partial charge in [0.1, 0.15) is 12.6 Å². The fourth-order valence-corrected chi connectivity index (χ4v) is 4.86. The highest BCUT2D eigenvalue weighted by molar-refractivity contribution is 7.93. The number of amides is 1. The summed E-state index contributed by atoms with van der Waals surface area (Å²) in [5, 5.41) is 13.0. The van der Waals surface area contributed by atoms with Gasteiger partial charge in [0.05, 0.1) is 10.6 Å². The molecule has 1 amide bonds. The zero-order valence-electron chi connectivity index (χ0n) is 14.5. The van der Waals surface area contributed by atoms with E-state index in [2.05, 4.69) is 5.32 Å². The molecule has 1 aliphatic rings. The zero-order chi connectivity index (χ0) is 19.1. The number of anilines is 1. The molecule has 1 atom stereocenters. The highest BCUT2D eigenvalue weighted by Crippen LogP contribution is 2.41. The van der Waals surface area contributed by atoms with Crippen molar-refractivity contribution in [3.05, 3.63) is 36.4 Å². The van der Waals surface area contributed by atoms with Gasteiger partial charge in [-0.3, -0.25) is 9.10 Å². The van der Waals surface area contributed by atoms with Crippen LogP contribution in [0.4, 0.5) is 5.69 Å². The number of carbonyl (C=O) groups excluding carboxylic acids is 1. The minimum atomic E-state index is -3.85. The number of carboxylic acids is 1. The van der Waals surface area contributed by atoms with E-state index in [0.29, 0.717) is 11.1 Å². The number of aliphatic carboxylic acids is 1. The number of benzene rings is 2. The van der Waals surface area contributed by atoms with Crippen molar-refractivity contribution in [3.63, 3.8) is 0 Å². The average molecular weight is 376 g/mol. The SMILES string of the molecule is CC(C)CC(NC(=O)CN1c2cccc3cccc(c23)S1(=O)=O)C(=O)O. The van der Waals surface area contributed by atoms with E-state index in [-0.39, 0.29) is 17.2 Å². The molecular weight excluding hydrogens is 356 g/mol. The molecule has 0 bridgehead atoms. The van der Waals surface area contributed by atoms with Crippen LogP contribution in [0.2, 0.25) is 0 Å². The number of rotatable bonds is 6. The van der Waals surface area contributed by atoms with Crippen molar-refractivity contribution < 1.29 is 23.1 Å². The van der Waals surface area contributed by atoms with Crippen molar-refractivity contribution in [2.45, 2.75) is 31.2 Å². The van der Waals surface area contributed by atoms with Crippen LogP contribution in [0.15, 0.2) is 41.3 Å². The van der Waals surface area contributed by atoms with E-state index in [1.165, 1.54) is 6.07 Å². The van der Waals surface area contributed by atoms with Crippen molar-refractivity contribution >= 4 is 38.4 Å². The Hall–Kier alpha value is -2.61. The summed E-state index contributed by atoms with van der Waals surface area (Å²) < 4.78 is 26.7. The number of nitrogens with one attached hydrogen (secondary N) is 1. The summed E-state index contributed by atoms with van der Waals surface area (Å²) >= 11 is 0. The van der Waals surface area contributed by atoms with E-state index < -0.39 is 34.5 Å². The van der Waals surface area contributed by atoms with Crippen LogP contribution in [0.1, 0.15) is 20.3 Å². The summed E-state index contributed by atoms with van der Waals surface area (Å²) in [6.07, 6.45) is 0.267. The number of nitrogens with zero attached hydrogens (tertiary/aromatic N) is 1. The Morgan fingerprint density at radius 2 is 1.81 bits per heavy atom. The van der Waals surface area contributed by atoms with Crippen LogP contribution >= 0.6 is 0 Å². The molecular formula is C18H20N2O5S. The van der Waals surface area contributed by atoms with E-state index >= 15 is 0 Å². The lowest BCUT2D eigenvalue weighted by Gasteiger charge is -2.21. The molecule has 0 fully saturated rings. The molecule has 26 heavy (non-hydrogen) atoms. The Morgan fingerprint density at radius 3 is 2.42 bits per heavy atom. The average Bonchev–Trinajstić information content (AvgIpc) is 2.77. The molecule has 2 N–H and O–H groups in total. The van der Waals surface area contributed by atoms with Gasteiger partial charge in [-0.1, -0.05) is 38.1 Å². The van der Waals surface area contributed by atoms with Gasteiger partial charge in [-0.15, -0.1) is 0 Å². The van der Waals surface area contributed by atoms with Crippen molar-refractivity contribution in [2.75, 3.05) is 10.8 Å². The lowest BCUT2D eigenvalue weighted by molar-refractivity contribution is -0.142. The van der Waals surface area contributed by atoms with Gasteiger partial charge < -0.3 is 10.4 Å². The van der Waals surface area contributed by atoms with Crippen molar-refractivity contribution in [1.82, 2.24) is 5.32 Å². The third-order valence-electron chi connectivity index (χ3n) is 4.31. The maximum absolute atomic E-state index is 12.8. The number of hydrogen-bond acceptors (Lipinski definition) is 4. The molecule has 2 aromatic carbocycles. The fraction of sp³-hybridized carbons (Fsp3) is 0.333. The first kappa shape index (κ1) is 18.2. The highest BCUT2D eigenvalue weighted by Gasteiger charge is 2.37. The minimum absolute atomic E-state index is 0.0740. The van der Waals surface area contributed by atoms with E-state index in [1.54, 1.807) is 18.2 Å². The monoisotopic (exact) mass is 376 g/mol. The molecule has 0 saturated carbocycles. The Kier molecular flexibility index (Phi) is 4.62. The molecule has 8 heteroatoms. The lowest BCUT2D eigenvalue weighted by atomic mass is 10.0. The minimum Gasteiger partial charge on any atom is -0.480 e. The predicted octanol–water partition coefficient (Wildman–Crippen LogP) is 1.96. The zero-order valence-corrected chi connectivity index (χ0v) is 15.3. The van der Waals surface area contributed by atoms with E-state index in [4.69, 9.17) is 0 Å². The van der Waals surface area contributed by atoms with Crippen molar-refractivity contribution in [2.24, 2.45) is 5.92 Å². The number of hydrogen-bond donors (Lipinski definition) is 2. The first-order valence-electron chi connectivity index (χ1n) is 8.28. The Balaban J connectivity index is 1.88. The third-order valence-corrected chi connectivity index (χ3v) is 6.11. The molecule has 0 radical (unpaired) electrons. The van der Waals surface area contributed by atoms with Gasteiger partial charge in [0.15, 0.2) is 0 Å². The summed E-state index contributed by atoms with van der Waals surface area (Å²) in [6, 6.07) is 9.11. The summed E-state index contributed by atoms with van der Waals surface area (Å²) in [6.45, 7) is 3.24. The van der Waals surface area contributed by atoms with Gasteiger partial charge in [-0.25, -0.2) is 13.2 Å². The Morgan fingerprint density at radius 1 is 1.15 bits per heavy atom. The third kappa shape index (κ3) is 3.12. The summed E-state index contributed by atoms with van der Waals surface area (Å²) in [5.74, 6) is -1.71. The first-order chi connectivity index (χ1) is 12.2. The van der Waals surface area contributed by atoms with Crippen molar-refractivity contribution in [3.8, 4) is 0 Å². The predicted molar refractivity (Wildman–Crippen MR) is 97.5 cm³/mol. The molecule has 0 saturated heterocycles. The summed E-state index contributed by atoms with van der Waals surface area (Å²) in [7, 11) is -3.85. The molecule has 1 aliphatic heterocycles. The van der Waals surface area contributed by atoms with Crippen LogP contribution in [0.5, 0.6) is 0 Å². The lowest BCUT2D eigenvalue weighted by Crippen LogP contribution is -2.46. The van der Waals surface area contributed by atoms with Crippen LogP contribution in [-0.4, -0.2) is 38.0 Å². The largest absolute Gasteiger partial charge is 0.480 e. The van der Waals surface area contributed by atoms with Crippen LogP contribution < -0.4 is 9.62 Å². The standard InChI is InChI=1S/C18H20N2O5S/c1-11(2)9-13(18(22)23)19-16(21)10-20-14-7-3-5-12-6-4-8-15(17(12)14)26(20,24)25/h3-8,11,13H,9-10H2,1-2H3,(H,19,21)(H,22,23). The topological polar surface area (TPSA) is 104 Å². The van der Waals surface area contributed by atoms with Crippen molar-refractivity contribution in [1.29, 1.82) is 0 Å². The molecule has 3 rings (SSSR count). The van der Waals surface area contributed by atoms with Gasteiger partial charge >= 0.3 is 5.97 Å². The van der Waals surface area contributed by atoms with Gasteiger partial charge in [-0.05, 0) is 29.9 Å². The molecule has 2 aromatic rings.